The van der Waals surface area contributed by atoms with Gasteiger partial charge in [-0.2, -0.15) is 0 Å². The molecule has 0 aromatic heterocycles. The van der Waals surface area contributed by atoms with Crippen molar-refractivity contribution in [2.75, 3.05) is 27.4 Å². The Labute approximate surface area is 184 Å². The van der Waals surface area contributed by atoms with Crippen LogP contribution < -0.4 is 18.9 Å². The van der Waals surface area contributed by atoms with Gasteiger partial charge < -0.3 is 23.8 Å². The predicted molar refractivity (Wildman–Crippen MR) is 118 cm³/mol. The van der Waals surface area contributed by atoms with Gasteiger partial charge in [-0.05, 0) is 55.5 Å². The highest BCUT2D eigenvalue weighted by Crippen LogP contribution is 2.39. The van der Waals surface area contributed by atoms with Crippen LogP contribution in [-0.2, 0) is 11.2 Å². The molecular formula is C25H31NO5. The van der Waals surface area contributed by atoms with Gasteiger partial charge in [-0.15, -0.1) is 0 Å². The number of para-hydroxylation sites is 1. The zero-order chi connectivity index (χ0) is 21.8. The molecule has 0 saturated heterocycles. The minimum atomic E-state index is -0.0237. The molecule has 6 heteroatoms. The lowest BCUT2D eigenvalue weighted by atomic mass is 10.0. The number of ether oxygens (including phenoxy) is 4. The molecule has 4 rings (SSSR count). The standard InChI is InChI=1S/C25H31NO5/c1-17(19-8-12-21-23(16-19)31-15-5-14-30-21)26(20-10-11-20)24(27)13-9-18-6-4-7-22(28-2)25(18)29-3/h4,6-8,12,16-17,20H,5,9-11,13-15H2,1-3H3. The Morgan fingerprint density at radius 1 is 1.10 bits per heavy atom. The third-order valence-electron chi connectivity index (χ3n) is 5.99. The summed E-state index contributed by atoms with van der Waals surface area (Å²) >= 11 is 0. The second kappa shape index (κ2) is 9.50. The Morgan fingerprint density at radius 2 is 1.87 bits per heavy atom. The zero-order valence-electron chi connectivity index (χ0n) is 18.6. The van der Waals surface area contributed by atoms with Crippen molar-refractivity contribution in [1.29, 1.82) is 0 Å². The van der Waals surface area contributed by atoms with Crippen molar-refractivity contribution in [3.63, 3.8) is 0 Å². The number of hydrogen-bond acceptors (Lipinski definition) is 5. The maximum Gasteiger partial charge on any atom is 0.223 e. The van der Waals surface area contributed by atoms with E-state index in [0.717, 1.165) is 41.9 Å². The summed E-state index contributed by atoms with van der Waals surface area (Å²) in [5.74, 6) is 3.10. The van der Waals surface area contributed by atoms with Crippen LogP contribution in [0.1, 0.15) is 49.8 Å². The van der Waals surface area contributed by atoms with Gasteiger partial charge in [0.2, 0.25) is 5.91 Å². The quantitative estimate of drug-likeness (QED) is 0.621. The van der Waals surface area contributed by atoms with E-state index in [9.17, 15) is 4.79 Å². The lowest BCUT2D eigenvalue weighted by Gasteiger charge is -2.30. The van der Waals surface area contributed by atoms with E-state index in [1.807, 2.05) is 41.3 Å². The zero-order valence-corrected chi connectivity index (χ0v) is 18.6. The SMILES string of the molecule is COc1cccc(CCC(=O)N(C2CC2)C(C)c2ccc3c(c2)OCCCO3)c1OC. The average molecular weight is 426 g/mol. The lowest BCUT2D eigenvalue weighted by Crippen LogP contribution is -2.35. The van der Waals surface area contributed by atoms with Crippen LogP contribution in [0.3, 0.4) is 0 Å². The highest BCUT2D eigenvalue weighted by Gasteiger charge is 2.36. The van der Waals surface area contributed by atoms with Gasteiger partial charge >= 0.3 is 0 Å². The summed E-state index contributed by atoms with van der Waals surface area (Å²) in [4.78, 5) is 15.4. The molecule has 2 aromatic rings. The van der Waals surface area contributed by atoms with E-state index >= 15 is 0 Å². The van der Waals surface area contributed by atoms with Gasteiger partial charge in [0.1, 0.15) is 0 Å². The number of fused-ring (bicyclic) bond motifs is 1. The summed E-state index contributed by atoms with van der Waals surface area (Å²) < 4.78 is 22.5. The van der Waals surface area contributed by atoms with Crippen molar-refractivity contribution in [2.24, 2.45) is 0 Å². The van der Waals surface area contributed by atoms with Crippen molar-refractivity contribution in [1.82, 2.24) is 4.90 Å². The smallest absolute Gasteiger partial charge is 0.223 e. The molecule has 0 radical (unpaired) electrons. The molecule has 1 fully saturated rings. The molecule has 1 aliphatic carbocycles. The van der Waals surface area contributed by atoms with Crippen LogP contribution in [0.25, 0.3) is 0 Å². The van der Waals surface area contributed by atoms with E-state index in [0.29, 0.717) is 43.6 Å². The summed E-state index contributed by atoms with van der Waals surface area (Å²) in [6, 6.07) is 12.1. The molecule has 31 heavy (non-hydrogen) atoms. The molecule has 0 bridgehead atoms. The van der Waals surface area contributed by atoms with Gasteiger partial charge in [0.15, 0.2) is 23.0 Å². The van der Waals surface area contributed by atoms with Gasteiger partial charge in [0.05, 0.1) is 33.5 Å². The molecule has 1 heterocycles. The number of nitrogens with zero attached hydrogens (tertiary/aromatic N) is 1. The fourth-order valence-corrected chi connectivity index (χ4v) is 4.21. The van der Waals surface area contributed by atoms with E-state index in [-0.39, 0.29) is 11.9 Å². The highest BCUT2D eigenvalue weighted by atomic mass is 16.5. The van der Waals surface area contributed by atoms with Crippen LogP contribution in [0.5, 0.6) is 23.0 Å². The normalized spacial score (nSPS) is 16.2. The van der Waals surface area contributed by atoms with Crippen molar-refractivity contribution in [3.05, 3.63) is 47.5 Å². The van der Waals surface area contributed by atoms with Gasteiger partial charge in [0.25, 0.3) is 0 Å². The maximum absolute atomic E-state index is 13.3. The minimum Gasteiger partial charge on any atom is -0.493 e. The molecule has 1 amide bonds. The Kier molecular flexibility index (Phi) is 6.54. The van der Waals surface area contributed by atoms with Crippen LogP contribution in [0, 0.1) is 0 Å². The first-order valence-electron chi connectivity index (χ1n) is 11.0. The molecule has 2 aliphatic rings. The third kappa shape index (κ3) is 4.73. The number of methoxy groups -OCH3 is 2. The molecule has 0 spiro atoms. The van der Waals surface area contributed by atoms with E-state index in [1.54, 1.807) is 14.2 Å². The van der Waals surface area contributed by atoms with Gasteiger partial charge in [0, 0.05) is 18.9 Å². The Hall–Kier alpha value is -2.89. The topological polar surface area (TPSA) is 57.2 Å². The lowest BCUT2D eigenvalue weighted by molar-refractivity contribution is -0.134. The van der Waals surface area contributed by atoms with Crippen LogP contribution in [0.4, 0.5) is 0 Å². The molecule has 1 saturated carbocycles. The van der Waals surface area contributed by atoms with Crippen LogP contribution in [0.2, 0.25) is 0 Å². The summed E-state index contributed by atoms with van der Waals surface area (Å²) in [5, 5.41) is 0. The minimum absolute atomic E-state index is 0.0237. The second-order valence-corrected chi connectivity index (χ2v) is 8.12. The third-order valence-corrected chi connectivity index (χ3v) is 5.99. The monoisotopic (exact) mass is 425 g/mol. The number of hydrogen-bond donors (Lipinski definition) is 0. The van der Waals surface area contributed by atoms with Crippen LogP contribution >= 0.6 is 0 Å². The van der Waals surface area contributed by atoms with Gasteiger partial charge in [-0.25, -0.2) is 0 Å². The maximum atomic E-state index is 13.3. The molecule has 1 aliphatic heterocycles. The predicted octanol–water partition coefficient (Wildman–Crippen LogP) is 4.55. The molecule has 0 N–H and O–H groups in total. The molecule has 166 valence electrons. The molecule has 1 unspecified atom stereocenters. The van der Waals surface area contributed by atoms with E-state index in [4.69, 9.17) is 18.9 Å². The van der Waals surface area contributed by atoms with E-state index < -0.39 is 0 Å². The van der Waals surface area contributed by atoms with Gasteiger partial charge in [-0.1, -0.05) is 18.2 Å². The number of carbonyl (C=O) groups excluding carboxylic acids is 1. The number of carbonyl (C=O) groups is 1. The largest absolute Gasteiger partial charge is 0.493 e. The highest BCUT2D eigenvalue weighted by molar-refractivity contribution is 5.78. The molecule has 6 nitrogen and oxygen atoms in total. The second-order valence-electron chi connectivity index (χ2n) is 8.12. The van der Waals surface area contributed by atoms with Crippen molar-refractivity contribution in [3.8, 4) is 23.0 Å². The van der Waals surface area contributed by atoms with Crippen LogP contribution in [0.15, 0.2) is 36.4 Å². The Morgan fingerprint density at radius 3 is 2.58 bits per heavy atom. The summed E-state index contributed by atoms with van der Waals surface area (Å²) in [7, 11) is 3.25. The number of amides is 1. The summed E-state index contributed by atoms with van der Waals surface area (Å²) in [6.07, 6.45) is 4.03. The first-order valence-corrected chi connectivity index (χ1v) is 11.0. The van der Waals surface area contributed by atoms with Crippen molar-refractivity contribution in [2.45, 2.75) is 51.1 Å². The van der Waals surface area contributed by atoms with Crippen molar-refractivity contribution < 1.29 is 23.7 Å². The first-order chi connectivity index (χ1) is 15.1. The molecule has 2 aromatic carbocycles. The summed E-state index contributed by atoms with van der Waals surface area (Å²) in [5.41, 5.74) is 2.05. The van der Waals surface area contributed by atoms with E-state index in [2.05, 4.69) is 6.92 Å². The molecular weight excluding hydrogens is 394 g/mol. The van der Waals surface area contributed by atoms with Crippen molar-refractivity contribution >= 4 is 5.91 Å². The number of aryl methyl sites for hydroxylation is 1. The molecule has 1 atom stereocenters. The fraction of sp³-hybridized carbons (Fsp3) is 0.480. The van der Waals surface area contributed by atoms with Gasteiger partial charge in [-0.3, -0.25) is 4.79 Å². The summed E-state index contributed by atoms with van der Waals surface area (Å²) in [6.45, 7) is 3.42. The average Bonchev–Trinajstić information content (AvgIpc) is 3.64. The fourth-order valence-electron chi connectivity index (χ4n) is 4.21. The first kappa shape index (κ1) is 21.3. The number of benzene rings is 2. The van der Waals surface area contributed by atoms with E-state index in [1.165, 1.54) is 0 Å². The van der Waals surface area contributed by atoms with Crippen LogP contribution in [-0.4, -0.2) is 44.3 Å². The Bertz CT molecular complexity index is 924. The number of rotatable bonds is 8. The Balaban J connectivity index is 1.49.